The Morgan fingerprint density at radius 2 is 1.75 bits per heavy atom. The maximum Gasteiger partial charge on any atom is 0.248 e. The van der Waals surface area contributed by atoms with Crippen LogP contribution in [0.1, 0.15) is 35.4 Å². The molecule has 3 heterocycles. The van der Waals surface area contributed by atoms with E-state index in [-0.39, 0.29) is 42.4 Å². The molecule has 0 spiro atoms. The first-order valence-electron chi connectivity index (χ1n) is 11.7. The van der Waals surface area contributed by atoms with Gasteiger partial charge in [-0.15, -0.1) is 0 Å². The second kappa shape index (κ2) is 9.79. The van der Waals surface area contributed by atoms with Crippen LogP contribution in [0.4, 0.5) is 5.69 Å². The van der Waals surface area contributed by atoms with Crippen molar-refractivity contribution in [3.05, 3.63) is 65.0 Å². The van der Waals surface area contributed by atoms with Crippen molar-refractivity contribution < 1.29 is 27.2 Å². The van der Waals surface area contributed by atoms with Crippen LogP contribution in [-0.4, -0.2) is 43.7 Å². The number of rotatable bonds is 6. The van der Waals surface area contributed by atoms with Crippen LogP contribution in [0.3, 0.4) is 0 Å². The van der Waals surface area contributed by atoms with Gasteiger partial charge in [-0.05, 0) is 50.5 Å². The van der Waals surface area contributed by atoms with Crippen LogP contribution in [0.5, 0.6) is 11.5 Å². The number of carbonyl (C=O) groups excluding carboxylic acids is 1. The highest BCUT2D eigenvalue weighted by Crippen LogP contribution is 2.35. The minimum Gasteiger partial charge on any atom is -0.454 e. The van der Waals surface area contributed by atoms with Crippen LogP contribution in [0, 0.1) is 19.8 Å². The molecule has 10 heteroatoms. The van der Waals surface area contributed by atoms with Gasteiger partial charge in [-0.1, -0.05) is 41.1 Å². The van der Waals surface area contributed by atoms with Gasteiger partial charge in [-0.2, -0.15) is 4.31 Å². The molecular weight excluding hydrogens is 482 g/mol. The predicted octanol–water partition coefficient (Wildman–Crippen LogP) is 4.23. The largest absolute Gasteiger partial charge is 0.454 e. The fourth-order valence-electron chi connectivity index (χ4n) is 4.35. The quantitative estimate of drug-likeness (QED) is 0.529. The van der Waals surface area contributed by atoms with E-state index in [9.17, 15) is 13.2 Å². The minimum absolute atomic E-state index is 0.0640. The molecule has 3 aromatic rings. The summed E-state index contributed by atoms with van der Waals surface area (Å²) in [6.07, 6.45) is 4.25. The molecule has 2 aliphatic rings. The third kappa shape index (κ3) is 4.87. The Labute approximate surface area is 209 Å². The van der Waals surface area contributed by atoms with E-state index < -0.39 is 10.0 Å². The Hall–Kier alpha value is -3.63. The van der Waals surface area contributed by atoms with Gasteiger partial charge in [0.05, 0.1) is 0 Å². The summed E-state index contributed by atoms with van der Waals surface area (Å²) in [5.74, 6) is 0.976. The molecule has 0 radical (unpaired) electrons. The number of aromatic nitrogens is 1. The summed E-state index contributed by atoms with van der Waals surface area (Å²) in [6, 6.07) is 13.1. The number of fused-ring (bicyclic) bond motifs is 1. The van der Waals surface area contributed by atoms with Gasteiger partial charge in [0.15, 0.2) is 22.2 Å². The Kier molecular flexibility index (Phi) is 6.55. The third-order valence-corrected chi connectivity index (χ3v) is 8.46. The molecule has 0 unspecified atom stereocenters. The summed E-state index contributed by atoms with van der Waals surface area (Å²) < 4.78 is 44.4. The molecule has 1 N–H and O–H groups in total. The molecule has 188 valence electrons. The zero-order valence-electron chi connectivity index (χ0n) is 20.1. The molecule has 0 saturated carbocycles. The van der Waals surface area contributed by atoms with Gasteiger partial charge in [-0.25, -0.2) is 8.42 Å². The summed E-state index contributed by atoms with van der Waals surface area (Å²) in [4.78, 5) is 12.9. The third-order valence-electron chi connectivity index (χ3n) is 6.40. The number of piperidine rings is 1. The van der Waals surface area contributed by atoms with Crippen molar-refractivity contribution in [2.24, 2.45) is 5.92 Å². The number of benzene rings is 2. The van der Waals surface area contributed by atoms with E-state index in [1.165, 1.54) is 4.31 Å². The van der Waals surface area contributed by atoms with Gasteiger partial charge in [0.25, 0.3) is 0 Å². The van der Waals surface area contributed by atoms with Crippen molar-refractivity contribution in [3.8, 4) is 11.5 Å². The molecule has 9 nitrogen and oxygen atoms in total. The second-order valence-corrected chi connectivity index (χ2v) is 10.8. The SMILES string of the molecule is Cc1ccc(C=Cc2onc(C)c2S(=O)(=O)N2CCC(C(=O)Nc3ccc4c(c3)OCO4)CC2)cc1. The van der Waals surface area contributed by atoms with Gasteiger partial charge >= 0.3 is 0 Å². The van der Waals surface area contributed by atoms with E-state index in [0.29, 0.717) is 35.7 Å². The average Bonchev–Trinajstić information content (AvgIpc) is 3.50. The summed E-state index contributed by atoms with van der Waals surface area (Å²) >= 11 is 0. The lowest BCUT2D eigenvalue weighted by molar-refractivity contribution is -0.120. The van der Waals surface area contributed by atoms with E-state index in [2.05, 4.69) is 10.5 Å². The number of carbonyl (C=O) groups is 1. The highest BCUT2D eigenvalue weighted by molar-refractivity contribution is 7.89. The summed E-state index contributed by atoms with van der Waals surface area (Å²) in [5.41, 5.74) is 2.98. The molecule has 0 aliphatic carbocycles. The van der Waals surface area contributed by atoms with Crippen molar-refractivity contribution in [2.45, 2.75) is 31.6 Å². The van der Waals surface area contributed by atoms with Crippen LogP contribution in [0.2, 0.25) is 0 Å². The van der Waals surface area contributed by atoms with Crippen LogP contribution in [0.25, 0.3) is 12.2 Å². The number of hydrogen-bond donors (Lipinski definition) is 1. The molecule has 5 rings (SSSR count). The lowest BCUT2D eigenvalue weighted by atomic mass is 9.97. The average molecular weight is 510 g/mol. The molecular formula is C26H27N3O6S. The van der Waals surface area contributed by atoms with Crippen LogP contribution in [0.15, 0.2) is 51.9 Å². The first-order chi connectivity index (χ1) is 17.3. The van der Waals surface area contributed by atoms with E-state index in [0.717, 1.165) is 11.1 Å². The molecule has 0 bridgehead atoms. The van der Waals surface area contributed by atoms with E-state index in [4.69, 9.17) is 14.0 Å². The van der Waals surface area contributed by atoms with Crippen LogP contribution >= 0.6 is 0 Å². The first-order valence-corrected chi connectivity index (χ1v) is 13.2. The van der Waals surface area contributed by atoms with Crippen molar-refractivity contribution in [3.63, 3.8) is 0 Å². The normalized spacial score (nSPS) is 16.5. The van der Waals surface area contributed by atoms with E-state index in [1.54, 1.807) is 37.3 Å². The van der Waals surface area contributed by atoms with Crippen LogP contribution < -0.4 is 14.8 Å². The minimum atomic E-state index is -3.84. The number of nitrogens with one attached hydrogen (secondary N) is 1. The maximum absolute atomic E-state index is 13.5. The summed E-state index contributed by atoms with van der Waals surface area (Å²) in [6.45, 7) is 4.24. The number of ether oxygens (including phenoxy) is 2. The van der Waals surface area contributed by atoms with Gasteiger partial charge in [-0.3, -0.25) is 4.79 Å². The number of aryl methyl sites for hydroxylation is 2. The number of sulfonamides is 1. The summed E-state index contributed by atoms with van der Waals surface area (Å²) in [5, 5.41) is 6.80. The van der Waals surface area contributed by atoms with Crippen molar-refractivity contribution >= 4 is 33.8 Å². The Balaban J connectivity index is 1.25. The standard InChI is InChI=1S/C26H27N3O6S/c1-17-3-5-19(6-4-17)7-9-23-25(18(2)28-35-23)36(31,32)29-13-11-20(12-14-29)26(30)27-21-8-10-22-24(15-21)34-16-33-22/h3-10,15,20H,11-14,16H2,1-2H3,(H,27,30). The highest BCUT2D eigenvalue weighted by Gasteiger charge is 2.36. The molecule has 1 amide bonds. The fourth-order valence-corrected chi connectivity index (χ4v) is 6.07. The molecule has 1 fully saturated rings. The first kappa shape index (κ1) is 24.1. The van der Waals surface area contributed by atoms with E-state index in [1.807, 2.05) is 31.2 Å². The maximum atomic E-state index is 13.5. The topological polar surface area (TPSA) is 111 Å². The smallest absolute Gasteiger partial charge is 0.248 e. The fraction of sp³-hybridized carbons (Fsp3) is 0.308. The lowest BCUT2D eigenvalue weighted by Crippen LogP contribution is -2.41. The number of nitrogens with zero attached hydrogens (tertiary/aromatic N) is 2. The van der Waals surface area contributed by atoms with Gasteiger partial charge < -0.3 is 19.3 Å². The molecule has 1 aromatic heterocycles. The van der Waals surface area contributed by atoms with Gasteiger partial charge in [0.2, 0.25) is 22.7 Å². The zero-order valence-corrected chi connectivity index (χ0v) is 20.9. The van der Waals surface area contributed by atoms with Crippen LogP contribution in [-0.2, 0) is 14.8 Å². The number of anilines is 1. The van der Waals surface area contributed by atoms with Crippen molar-refractivity contribution in [2.75, 3.05) is 25.2 Å². The monoisotopic (exact) mass is 509 g/mol. The van der Waals surface area contributed by atoms with Crippen molar-refractivity contribution in [1.29, 1.82) is 0 Å². The van der Waals surface area contributed by atoms with Gasteiger partial charge in [0, 0.05) is 30.8 Å². The summed E-state index contributed by atoms with van der Waals surface area (Å²) in [7, 11) is -3.84. The Morgan fingerprint density at radius 1 is 1.03 bits per heavy atom. The molecule has 2 aliphatic heterocycles. The molecule has 2 aromatic carbocycles. The zero-order chi connectivity index (χ0) is 25.3. The molecule has 0 atom stereocenters. The lowest BCUT2D eigenvalue weighted by Gasteiger charge is -2.30. The number of hydrogen-bond acceptors (Lipinski definition) is 7. The Morgan fingerprint density at radius 3 is 2.50 bits per heavy atom. The van der Waals surface area contributed by atoms with Gasteiger partial charge in [0.1, 0.15) is 5.69 Å². The van der Waals surface area contributed by atoms with E-state index >= 15 is 0 Å². The molecule has 36 heavy (non-hydrogen) atoms. The number of amides is 1. The molecule has 1 saturated heterocycles. The Bertz CT molecular complexity index is 1400. The highest BCUT2D eigenvalue weighted by atomic mass is 32.2. The predicted molar refractivity (Wildman–Crippen MR) is 134 cm³/mol. The second-order valence-electron chi connectivity index (χ2n) is 8.94. The van der Waals surface area contributed by atoms with Crippen molar-refractivity contribution in [1.82, 2.24) is 9.46 Å².